The first-order valence-electron chi connectivity index (χ1n) is 45.3. The Morgan fingerprint density at radius 1 is 0.267 bits per heavy atom. The molecule has 0 nitrogen and oxygen atoms in total. The fourth-order valence-electron chi connectivity index (χ4n) is 5.57. The van der Waals surface area contributed by atoms with Crippen molar-refractivity contribution in [3.8, 4) is 0 Å². The SMILES string of the molecule is CC(C)(C)CC(C)(C)C.CCCC(C)(C)C.[2H]C([2H])(C)C([2H])([2H])C([2H])([2H])C.[2H]C([2H])(C)C([2H])([2H])CC.[2H]C([2H])(C)C([2H])([2H])CC.[2H]C([2H])(C)CCC.[2H]C([2H])(C)CCC.[2H]C([2H])(CC)CC.[2H]C([2H])([2H])C(C)(C)C(C)(C([2H])([2H])[2H])C(C)(C)C.[2H]C([2H])([2H])C(C)(CC)C(C)(C)C.[2H]C([2H])([2H])C(C)(CC)C(C)(C)C. The van der Waals surface area contributed by atoms with Gasteiger partial charge < -0.3 is 0 Å². The summed E-state index contributed by atoms with van der Waals surface area (Å²) in [5, 5.41) is 0. The molecule has 0 spiro atoms. The monoisotopic (exact) mass is 1110 g/mol. The molecule has 3 unspecified atom stereocenters. The van der Waals surface area contributed by atoms with Crippen LogP contribution in [-0.2, 0) is 0 Å². The predicted molar refractivity (Wildman–Crippen MR) is 369 cm³/mol. The summed E-state index contributed by atoms with van der Waals surface area (Å²) in [6.07, 6.45) is -6.19. The van der Waals surface area contributed by atoms with E-state index in [9.17, 15) is 0 Å². The number of hydrogen-bond acceptors (Lipinski definition) is 0. The van der Waals surface area contributed by atoms with Gasteiger partial charge in [0.15, 0.2) is 0 Å². The molecular weight excluding hydrogens is 901 g/mol. The Morgan fingerprint density at radius 3 is 0.573 bits per heavy atom. The summed E-state index contributed by atoms with van der Waals surface area (Å²) >= 11 is 0. The summed E-state index contributed by atoms with van der Waals surface area (Å²) in [5.74, 6) is 0. The van der Waals surface area contributed by atoms with E-state index in [0.717, 1.165) is 26.7 Å². The van der Waals surface area contributed by atoms with Gasteiger partial charge in [0.25, 0.3) is 0 Å². The van der Waals surface area contributed by atoms with E-state index in [1.165, 1.54) is 47.0 Å². The summed E-state index contributed by atoms with van der Waals surface area (Å²) in [4.78, 5) is 0. The van der Waals surface area contributed by atoms with E-state index in [1.807, 2.05) is 96.9 Å². The number of hydrogen-bond donors (Lipinski definition) is 0. The maximum Gasteiger partial charge on any atom is 0.0266 e. The molecule has 0 radical (unpaired) electrons. The first kappa shape index (κ1) is 44.6. The molecule has 0 aromatic carbocycles. The van der Waals surface area contributed by atoms with Crippen LogP contribution in [0, 0.1) is 54.1 Å². The lowest BCUT2D eigenvalue weighted by Crippen LogP contribution is -2.41. The van der Waals surface area contributed by atoms with Gasteiger partial charge in [-0.3, -0.25) is 0 Å². The van der Waals surface area contributed by atoms with E-state index in [0.29, 0.717) is 54.8 Å². The van der Waals surface area contributed by atoms with Crippen LogP contribution >= 0.6 is 0 Å². The highest BCUT2D eigenvalue weighted by Gasteiger charge is 2.42. The zero-order chi connectivity index (χ0) is 91.2. The summed E-state index contributed by atoms with van der Waals surface area (Å²) < 4.78 is 232. The molecule has 3 atom stereocenters. The van der Waals surface area contributed by atoms with Crippen molar-refractivity contribution in [3.63, 3.8) is 0 Å². The van der Waals surface area contributed by atoms with Gasteiger partial charge in [-0.05, 0) is 67.0 Å². The third-order valence-electron chi connectivity index (χ3n) is 12.0. The molecule has 0 aliphatic heterocycles. The summed E-state index contributed by atoms with van der Waals surface area (Å²) in [6, 6.07) is 0. The molecule has 0 amide bonds. The number of rotatable bonds is 15. The van der Waals surface area contributed by atoms with Gasteiger partial charge in [0, 0.05) is 43.9 Å². The van der Waals surface area contributed by atoms with E-state index in [2.05, 4.69) is 69.2 Å². The highest BCUT2D eigenvalue weighted by atomic mass is 14.5. The first-order chi connectivity index (χ1) is 45.3. The van der Waals surface area contributed by atoms with Crippen LogP contribution in [-0.4, -0.2) is 0 Å². The lowest BCUT2D eigenvalue weighted by Gasteiger charge is -2.49. The fraction of sp³-hybridized carbons (Fsp3) is 1.00. The molecule has 0 fully saturated rings. The van der Waals surface area contributed by atoms with Crippen molar-refractivity contribution in [1.82, 2.24) is 0 Å². The van der Waals surface area contributed by atoms with Crippen molar-refractivity contribution in [1.29, 1.82) is 0 Å². The molecule has 0 heterocycles. The minimum absolute atomic E-state index is 0.174. The smallest absolute Gasteiger partial charge is 0.0266 e. The van der Waals surface area contributed by atoms with Crippen molar-refractivity contribution in [3.05, 3.63) is 0 Å². The Hall–Kier alpha value is 0. The minimum Gasteiger partial charge on any atom is -0.0654 e. The molecule has 0 aromatic heterocycles. The second-order valence-corrected chi connectivity index (χ2v) is 26.8. The van der Waals surface area contributed by atoms with Crippen LogP contribution in [0.15, 0.2) is 0 Å². The van der Waals surface area contributed by atoms with Crippen molar-refractivity contribution in [2.45, 2.75) is 438 Å². The quantitative estimate of drug-likeness (QED) is 0.153. The Morgan fingerprint density at radius 2 is 0.560 bits per heavy atom. The lowest BCUT2D eigenvalue weighted by molar-refractivity contribution is 0.00575. The molecule has 0 saturated heterocycles. The van der Waals surface area contributed by atoms with Crippen LogP contribution < -0.4 is 0 Å². The standard InChI is InChI=1S/C11H24.3C9H20.C7H16.6C5H12/c1-9(2,3)11(7,8)10(4,5)6;1-8(2,3)7-9(4,5)6;2*1-7-9(5,6)8(2,3)4;1-5-6-7(2,3)4;6*1-3-5-4-2/h1-8H3;3*7H2,1-6H3;5-6H2,1-4H3;6*3-5H2,1-2H3/i1D3,7D3;;2*5D3;;3D2,4D2,5D2;2*3D2,5D2;5D2;2*3D2. The molecule has 0 rings (SSSR count). The van der Waals surface area contributed by atoms with Gasteiger partial charge in [-0.2, -0.15) is 0 Å². The molecule has 0 aliphatic carbocycles. The first-order valence-corrected chi connectivity index (χ1v) is 29.3. The van der Waals surface area contributed by atoms with E-state index in [1.54, 1.807) is 55.4 Å². The van der Waals surface area contributed by atoms with Crippen molar-refractivity contribution in [2.75, 3.05) is 0 Å². The fourth-order valence-corrected chi connectivity index (χ4v) is 5.57. The minimum atomic E-state index is -2.46. The van der Waals surface area contributed by atoms with Crippen LogP contribution in [0.3, 0.4) is 0 Å². The van der Waals surface area contributed by atoms with E-state index in [4.69, 9.17) is 43.9 Å². The van der Waals surface area contributed by atoms with Gasteiger partial charge >= 0.3 is 0 Å². The maximum absolute atomic E-state index is 7.76. The average Bonchev–Trinajstić information content (AvgIpc) is 0.716. The van der Waals surface area contributed by atoms with E-state index < -0.39 is 118 Å². The molecule has 0 aliphatic rings. The van der Waals surface area contributed by atoms with Gasteiger partial charge in [-0.25, -0.2) is 0 Å². The van der Waals surface area contributed by atoms with Crippen LogP contribution in [0.25, 0.3) is 0 Å². The molecule has 0 aromatic rings. The van der Waals surface area contributed by atoms with Crippen molar-refractivity contribution < 1.29 is 43.9 Å². The van der Waals surface area contributed by atoms with Gasteiger partial charge in [0.05, 0.1) is 0 Å². The second kappa shape index (κ2) is 57.2. The molecule has 472 valence electrons. The maximum atomic E-state index is 7.76. The van der Waals surface area contributed by atoms with Crippen LogP contribution in [0.5, 0.6) is 0 Å². The average molecular weight is 1110 g/mol. The molecule has 0 bridgehead atoms. The Bertz CT molecular complexity index is 2030. The third-order valence-corrected chi connectivity index (χ3v) is 12.0. The van der Waals surface area contributed by atoms with Crippen LogP contribution in [0.2, 0.25) is 0 Å². The summed E-state index contributed by atoms with van der Waals surface area (Å²) in [5.41, 5.74) is -3.25. The Balaban J connectivity index is -0.000000106. The highest BCUT2D eigenvalue weighted by molar-refractivity contribution is 4.91. The third kappa shape index (κ3) is 93.7. The normalized spacial score (nSPS) is 22.6. The van der Waals surface area contributed by atoms with Crippen molar-refractivity contribution in [2.24, 2.45) is 54.1 Å². The van der Waals surface area contributed by atoms with Crippen molar-refractivity contribution >= 4 is 0 Å². The Labute approximate surface area is 535 Å². The zero-order valence-electron chi connectivity index (χ0n) is 91.2. The highest BCUT2D eigenvalue weighted by Crippen LogP contribution is 2.50. The molecule has 0 N–H and O–H groups in total. The molecular formula is C75H172. The lowest BCUT2D eigenvalue weighted by atomic mass is 9.56. The second-order valence-electron chi connectivity index (χ2n) is 26.8. The van der Waals surface area contributed by atoms with Crippen LogP contribution in [0.1, 0.15) is 482 Å². The Kier molecular flexibility index (Phi) is 34.0. The topological polar surface area (TPSA) is 0 Å². The molecule has 0 saturated carbocycles. The largest absolute Gasteiger partial charge is 0.0654 e. The van der Waals surface area contributed by atoms with Crippen LogP contribution in [0.4, 0.5) is 0 Å². The van der Waals surface area contributed by atoms with Gasteiger partial charge in [-0.15, -0.1) is 0 Å². The van der Waals surface area contributed by atoms with Gasteiger partial charge in [-0.1, -0.05) is 425 Å². The zero-order valence-corrected chi connectivity index (χ0v) is 59.2. The molecule has 75 heavy (non-hydrogen) atoms. The van der Waals surface area contributed by atoms with E-state index >= 15 is 0 Å². The van der Waals surface area contributed by atoms with E-state index in [-0.39, 0.29) is 23.7 Å². The van der Waals surface area contributed by atoms with Gasteiger partial charge in [0.1, 0.15) is 0 Å². The molecule has 0 heteroatoms. The predicted octanol–water partition coefficient (Wildman–Crippen LogP) is 30.5. The summed E-state index contributed by atoms with van der Waals surface area (Å²) in [7, 11) is 0. The van der Waals surface area contributed by atoms with Gasteiger partial charge in [0.2, 0.25) is 0 Å². The summed E-state index contributed by atoms with van der Waals surface area (Å²) in [6.45, 7) is 62.7.